The predicted molar refractivity (Wildman–Crippen MR) is 56.9 cm³/mol. The van der Waals surface area contributed by atoms with Gasteiger partial charge in [0.05, 0.1) is 6.67 Å². The molecule has 0 aromatic heterocycles. The summed E-state index contributed by atoms with van der Waals surface area (Å²) in [5, 5.41) is 0. The largest absolute Gasteiger partial charge is 0.399 e. The maximum Gasteiger partial charge on any atom is 0.0902 e. The Morgan fingerprint density at radius 1 is 1.46 bits per heavy atom. The first-order chi connectivity index (χ1) is 6.24. The van der Waals surface area contributed by atoms with Crippen molar-refractivity contribution in [3.63, 3.8) is 0 Å². The van der Waals surface area contributed by atoms with E-state index >= 15 is 0 Å². The van der Waals surface area contributed by atoms with Crippen LogP contribution in [0.5, 0.6) is 0 Å². The normalized spacial score (nSPS) is 10.3. The van der Waals surface area contributed by atoms with Gasteiger partial charge in [0.2, 0.25) is 0 Å². The molecular weight excluding hydrogens is 185 g/mol. The summed E-state index contributed by atoms with van der Waals surface area (Å²) in [6.45, 7) is 1.79. The second kappa shape index (κ2) is 5.12. The van der Waals surface area contributed by atoms with E-state index in [1.807, 2.05) is 25.1 Å². The number of nitrogens with two attached hydrogens (primary N) is 1. The lowest BCUT2D eigenvalue weighted by Crippen LogP contribution is -1.88. The maximum absolute atomic E-state index is 11.8. The number of aryl methyl sites for hydroxylation is 1. The monoisotopic (exact) mass is 199 g/mol. The SMILES string of the molecule is Cc1cc(N)ccc1SCCCF. The van der Waals surface area contributed by atoms with E-state index in [4.69, 9.17) is 5.73 Å². The first-order valence-corrected chi connectivity index (χ1v) is 5.27. The molecule has 1 aromatic carbocycles. The molecule has 0 spiro atoms. The van der Waals surface area contributed by atoms with Crippen LogP contribution < -0.4 is 5.73 Å². The van der Waals surface area contributed by atoms with Gasteiger partial charge in [0.25, 0.3) is 0 Å². The van der Waals surface area contributed by atoms with Crippen molar-refractivity contribution in [1.29, 1.82) is 0 Å². The number of hydrogen-bond acceptors (Lipinski definition) is 2. The van der Waals surface area contributed by atoms with Crippen LogP contribution in [0.25, 0.3) is 0 Å². The van der Waals surface area contributed by atoms with Gasteiger partial charge in [0, 0.05) is 16.3 Å². The van der Waals surface area contributed by atoms with Gasteiger partial charge in [-0.25, -0.2) is 0 Å². The summed E-state index contributed by atoms with van der Waals surface area (Å²) in [6.07, 6.45) is 0.620. The van der Waals surface area contributed by atoms with Crippen molar-refractivity contribution < 1.29 is 4.39 Å². The zero-order valence-corrected chi connectivity index (χ0v) is 8.53. The molecule has 0 unspecified atom stereocenters. The topological polar surface area (TPSA) is 26.0 Å². The molecule has 0 bridgehead atoms. The molecular formula is C10H14FNS. The molecule has 2 N–H and O–H groups in total. The number of rotatable bonds is 4. The highest BCUT2D eigenvalue weighted by Crippen LogP contribution is 2.24. The van der Waals surface area contributed by atoms with Crippen molar-refractivity contribution in [2.24, 2.45) is 0 Å². The van der Waals surface area contributed by atoms with Gasteiger partial charge in [0.1, 0.15) is 0 Å². The minimum absolute atomic E-state index is 0.235. The Labute approximate surface area is 82.5 Å². The van der Waals surface area contributed by atoms with Crippen LogP contribution >= 0.6 is 11.8 Å². The average molecular weight is 199 g/mol. The van der Waals surface area contributed by atoms with Crippen molar-refractivity contribution in [1.82, 2.24) is 0 Å². The fraction of sp³-hybridized carbons (Fsp3) is 0.400. The number of halogens is 1. The fourth-order valence-electron chi connectivity index (χ4n) is 1.07. The van der Waals surface area contributed by atoms with Crippen LogP contribution in [0.15, 0.2) is 23.1 Å². The highest BCUT2D eigenvalue weighted by atomic mass is 32.2. The Morgan fingerprint density at radius 3 is 2.85 bits per heavy atom. The van der Waals surface area contributed by atoms with E-state index in [1.165, 1.54) is 10.5 Å². The molecule has 0 atom stereocenters. The number of hydrogen-bond donors (Lipinski definition) is 1. The number of benzene rings is 1. The van der Waals surface area contributed by atoms with Gasteiger partial charge in [-0.1, -0.05) is 0 Å². The summed E-state index contributed by atoms with van der Waals surface area (Å²) in [7, 11) is 0. The summed E-state index contributed by atoms with van der Waals surface area (Å²) in [4.78, 5) is 1.20. The zero-order chi connectivity index (χ0) is 9.68. The van der Waals surface area contributed by atoms with Crippen molar-refractivity contribution in [3.8, 4) is 0 Å². The summed E-state index contributed by atoms with van der Waals surface area (Å²) >= 11 is 1.68. The third kappa shape index (κ3) is 3.27. The van der Waals surface area contributed by atoms with E-state index in [2.05, 4.69) is 0 Å². The molecule has 72 valence electrons. The van der Waals surface area contributed by atoms with Crippen molar-refractivity contribution in [3.05, 3.63) is 23.8 Å². The van der Waals surface area contributed by atoms with Gasteiger partial charge < -0.3 is 5.73 Å². The Kier molecular flexibility index (Phi) is 4.09. The Balaban J connectivity index is 2.56. The van der Waals surface area contributed by atoms with Crippen LogP contribution in [-0.4, -0.2) is 12.4 Å². The molecule has 0 aliphatic carbocycles. The van der Waals surface area contributed by atoms with E-state index in [1.54, 1.807) is 11.8 Å². The van der Waals surface area contributed by atoms with Gasteiger partial charge in [-0.15, -0.1) is 11.8 Å². The van der Waals surface area contributed by atoms with Crippen molar-refractivity contribution >= 4 is 17.4 Å². The van der Waals surface area contributed by atoms with E-state index in [9.17, 15) is 4.39 Å². The Hall–Kier alpha value is -0.700. The van der Waals surface area contributed by atoms with Gasteiger partial charge >= 0.3 is 0 Å². The second-order valence-corrected chi connectivity index (χ2v) is 4.05. The molecule has 1 rings (SSSR count). The van der Waals surface area contributed by atoms with E-state index in [0.29, 0.717) is 6.42 Å². The lowest BCUT2D eigenvalue weighted by molar-refractivity contribution is 0.489. The second-order valence-electron chi connectivity index (χ2n) is 2.92. The fourth-order valence-corrected chi connectivity index (χ4v) is 2.00. The van der Waals surface area contributed by atoms with Crippen molar-refractivity contribution in [2.45, 2.75) is 18.2 Å². The third-order valence-corrected chi connectivity index (χ3v) is 3.00. The quantitative estimate of drug-likeness (QED) is 0.458. The summed E-state index contributed by atoms with van der Waals surface area (Å²) in [6, 6.07) is 5.82. The molecule has 0 saturated heterocycles. The van der Waals surface area contributed by atoms with Gasteiger partial charge in [-0.2, -0.15) is 0 Å². The van der Waals surface area contributed by atoms with Crippen LogP contribution in [0.4, 0.5) is 10.1 Å². The summed E-state index contributed by atoms with van der Waals surface area (Å²) in [5.41, 5.74) is 7.57. The van der Waals surface area contributed by atoms with Crippen LogP contribution in [-0.2, 0) is 0 Å². The lowest BCUT2D eigenvalue weighted by Gasteiger charge is -2.04. The first-order valence-electron chi connectivity index (χ1n) is 4.29. The zero-order valence-electron chi connectivity index (χ0n) is 7.72. The van der Waals surface area contributed by atoms with Gasteiger partial charge in [-0.05, 0) is 37.1 Å². The summed E-state index contributed by atoms with van der Waals surface area (Å²) < 4.78 is 11.8. The lowest BCUT2D eigenvalue weighted by atomic mass is 10.2. The Bertz CT molecular complexity index is 276. The molecule has 0 radical (unpaired) electrons. The van der Waals surface area contributed by atoms with E-state index in [-0.39, 0.29) is 6.67 Å². The molecule has 0 aliphatic heterocycles. The molecule has 0 aliphatic rings. The average Bonchev–Trinajstić information content (AvgIpc) is 2.09. The summed E-state index contributed by atoms with van der Waals surface area (Å²) in [5.74, 6) is 0.835. The minimum atomic E-state index is -0.235. The molecule has 0 saturated carbocycles. The minimum Gasteiger partial charge on any atom is -0.399 e. The first kappa shape index (κ1) is 10.4. The van der Waals surface area contributed by atoms with Crippen LogP contribution in [0.3, 0.4) is 0 Å². The number of alkyl halides is 1. The highest BCUT2D eigenvalue weighted by molar-refractivity contribution is 7.99. The van der Waals surface area contributed by atoms with E-state index < -0.39 is 0 Å². The molecule has 1 aromatic rings. The number of nitrogen functional groups attached to an aromatic ring is 1. The third-order valence-electron chi connectivity index (χ3n) is 1.73. The smallest absolute Gasteiger partial charge is 0.0902 e. The van der Waals surface area contributed by atoms with Gasteiger partial charge in [-0.3, -0.25) is 4.39 Å². The molecule has 3 heteroatoms. The van der Waals surface area contributed by atoms with E-state index in [0.717, 1.165) is 11.4 Å². The molecule has 0 fully saturated rings. The molecule has 1 nitrogen and oxygen atoms in total. The molecule has 0 amide bonds. The van der Waals surface area contributed by atoms with Crippen LogP contribution in [0, 0.1) is 6.92 Å². The highest BCUT2D eigenvalue weighted by Gasteiger charge is 1.98. The maximum atomic E-state index is 11.8. The number of anilines is 1. The standard InChI is InChI=1S/C10H14FNS/c1-8-7-9(12)3-4-10(8)13-6-2-5-11/h3-4,7H,2,5-6,12H2,1H3. The Morgan fingerprint density at radius 2 is 2.23 bits per heavy atom. The van der Waals surface area contributed by atoms with Crippen LogP contribution in [0.1, 0.15) is 12.0 Å². The predicted octanol–water partition coefficient (Wildman–Crippen LogP) is 3.03. The van der Waals surface area contributed by atoms with Crippen LogP contribution in [0.2, 0.25) is 0 Å². The molecule has 0 heterocycles. The van der Waals surface area contributed by atoms with Crippen molar-refractivity contribution in [2.75, 3.05) is 18.2 Å². The molecule has 13 heavy (non-hydrogen) atoms. The van der Waals surface area contributed by atoms with Gasteiger partial charge in [0.15, 0.2) is 0 Å². The number of thioether (sulfide) groups is 1.